The van der Waals surface area contributed by atoms with Crippen molar-refractivity contribution in [2.75, 3.05) is 0 Å². The second-order valence-corrected chi connectivity index (χ2v) is 16.0. The molecule has 2 aromatic heterocycles. The first-order valence-electron chi connectivity index (χ1n) is 20.8. The molecule has 0 spiro atoms. The van der Waals surface area contributed by atoms with Gasteiger partial charge in [0.1, 0.15) is 0 Å². The van der Waals surface area contributed by atoms with Gasteiger partial charge in [0, 0.05) is 0 Å². The topological polar surface area (TPSA) is 58.1 Å². The number of fused-ring (bicyclic) bond motifs is 8. The number of hydrogen-bond donors (Lipinski definition) is 2. The van der Waals surface area contributed by atoms with Gasteiger partial charge in [-0.2, -0.15) is 18.3 Å². The summed E-state index contributed by atoms with van der Waals surface area (Å²) in [7, 11) is 3.78. The maximum atomic E-state index is 12.0. The fraction of sp³-hybridized carbons (Fsp3) is 0.0357. The van der Waals surface area contributed by atoms with Crippen LogP contribution in [0.15, 0.2) is 182 Å². The Morgan fingerprint density at radius 3 is 1.02 bits per heavy atom. The van der Waals surface area contributed by atoms with E-state index < -0.39 is 0 Å². The van der Waals surface area contributed by atoms with Crippen molar-refractivity contribution < 1.29 is 40.4 Å². The van der Waals surface area contributed by atoms with Crippen molar-refractivity contribution in [2.45, 2.75) is 0 Å². The number of rotatable bonds is 3. The Hall–Kier alpha value is -7.53. The average molecular weight is 994 g/mol. The smallest absolute Gasteiger partial charge is 0.446 e. The first-order valence-corrected chi connectivity index (χ1v) is 20.8. The summed E-state index contributed by atoms with van der Waals surface area (Å²) in [4.78, 5) is 0. The van der Waals surface area contributed by atoms with Gasteiger partial charge in [0.05, 0.1) is 25.5 Å². The third kappa shape index (κ3) is 5.68. The summed E-state index contributed by atoms with van der Waals surface area (Å²) >= 11 is 0. The summed E-state index contributed by atoms with van der Waals surface area (Å²) < 4.78 is 7.50. The number of hydrogen-bond acceptors (Lipinski definition) is 2. The van der Waals surface area contributed by atoms with Crippen molar-refractivity contribution in [1.29, 1.82) is 0 Å². The van der Waals surface area contributed by atoms with Crippen molar-refractivity contribution in [3.8, 4) is 23.1 Å². The molecule has 8 aromatic carbocycles. The minimum atomic E-state index is 0. The van der Waals surface area contributed by atoms with Crippen LogP contribution in [0.5, 0.6) is 12.0 Å². The van der Waals surface area contributed by atoms with Gasteiger partial charge in [0.2, 0.25) is 0 Å². The first kappa shape index (κ1) is 38.4. The number of para-hydroxylation sites is 4. The third-order valence-corrected chi connectivity index (χ3v) is 12.7. The van der Waals surface area contributed by atoms with Crippen LogP contribution in [0.1, 0.15) is 0 Å². The van der Waals surface area contributed by atoms with Gasteiger partial charge in [-0.05, 0) is 55.6 Å². The molecule has 0 amide bonds. The van der Waals surface area contributed by atoms with Gasteiger partial charge in [-0.25, -0.2) is 0 Å². The van der Waals surface area contributed by atoms with E-state index in [-0.39, 0.29) is 33.1 Å². The Labute approximate surface area is 375 Å². The summed E-state index contributed by atoms with van der Waals surface area (Å²) in [5.74, 6) is 0. The van der Waals surface area contributed by atoms with E-state index in [1.807, 2.05) is 80.9 Å². The maximum Gasteiger partial charge on any atom is 2.00 e. The molecule has 0 atom stereocenters. The van der Waals surface area contributed by atoms with E-state index in [0.29, 0.717) is 0 Å². The molecule has 12 rings (SSSR count). The largest absolute Gasteiger partial charge is 2.00 e. The van der Waals surface area contributed by atoms with Crippen LogP contribution in [0.3, 0.4) is 0 Å². The van der Waals surface area contributed by atoms with Crippen molar-refractivity contribution in [1.82, 2.24) is 9.13 Å². The van der Waals surface area contributed by atoms with Crippen LogP contribution in [-0.4, -0.2) is 19.3 Å². The Morgan fingerprint density at radius 2 is 0.635 bits per heavy atom. The molecule has 2 N–H and O–H groups in total. The van der Waals surface area contributed by atoms with Crippen LogP contribution in [0, 0.1) is 41.7 Å². The molecule has 2 heterocycles. The summed E-state index contributed by atoms with van der Waals surface area (Å²) in [6, 6.07) is 63.2. The Morgan fingerprint density at radius 1 is 0.349 bits per heavy atom. The van der Waals surface area contributed by atoms with Crippen LogP contribution in [0.4, 0.5) is 0 Å². The zero-order valence-electron chi connectivity index (χ0n) is 34.3. The Balaban J connectivity index is 0.00000444. The van der Waals surface area contributed by atoms with Gasteiger partial charge in [0.15, 0.2) is 22.1 Å². The van der Waals surface area contributed by atoms with Gasteiger partial charge >= 0.3 is 33.1 Å². The number of benzene rings is 8. The van der Waals surface area contributed by atoms with Crippen molar-refractivity contribution in [3.05, 3.63) is 245 Å². The third-order valence-electron chi connectivity index (χ3n) is 12.7. The van der Waals surface area contributed by atoms with E-state index in [9.17, 15) is 10.2 Å². The number of aryl methyl sites for hydroxylation is 2. The molecule has 6 nitrogen and oxygen atoms in total. The monoisotopic (exact) mass is 993 g/mol. The Kier molecular flexibility index (Phi) is 9.04. The number of imidazole rings is 2. The zero-order chi connectivity index (χ0) is 41.6. The molecule has 0 fully saturated rings. The average Bonchev–Trinajstić information content (AvgIpc) is 3.72. The molecule has 0 saturated heterocycles. The second-order valence-electron chi connectivity index (χ2n) is 16.0. The van der Waals surface area contributed by atoms with Gasteiger partial charge in [-0.15, -0.1) is 33.7 Å². The second kappa shape index (κ2) is 14.8. The van der Waals surface area contributed by atoms with E-state index in [0.717, 1.165) is 107 Å². The minimum Gasteiger partial charge on any atom is -0.446 e. The molecule has 2 aliphatic carbocycles. The molecule has 0 bridgehead atoms. The molecule has 0 unspecified atom stereocenters. The number of aromatic nitrogens is 4. The summed E-state index contributed by atoms with van der Waals surface area (Å²) in [5, 5.41) is 36.2. The summed E-state index contributed by atoms with van der Waals surface area (Å²) in [6.45, 7) is 0. The molecule has 63 heavy (non-hydrogen) atoms. The molecule has 0 radical (unpaired) electrons. The van der Waals surface area contributed by atoms with Crippen molar-refractivity contribution in [2.24, 2.45) is 14.1 Å². The van der Waals surface area contributed by atoms with Gasteiger partial charge in [0.25, 0.3) is 0 Å². The molecule has 7 heteroatoms. The fourth-order valence-corrected chi connectivity index (χ4v) is 9.80. The quantitative estimate of drug-likeness (QED) is 0.166. The maximum absolute atomic E-state index is 12.0. The molecule has 0 aliphatic heterocycles. The minimum absolute atomic E-state index is 0. The SMILES string of the molecule is Cn1c(O)[n+](C2=c3\cccc\c3=c3/cccc/c3=c3\cccc(-c4cccc5/c4=[C-]\C([n+]4c(O)n(C)c6ccccc64)=c4\cccc\c4=c4/cccc/c4=5)\c3=[C-]\2)c2ccccc21.[Pt+2]. The van der Waals surface area contributed by atoms with Crippen molar-refractivity contribution >= 4 is 45.6 Å². The van der Waals surface area contributed by atoms with Crippen molar-refractivity contribution in [3.63, 3.8) is 0 Å². The summed E-state index contributed by atoms with van der Waals surface area (Å²) in [5.41, 5.74) is 6.90. The molecule has 10 aromatic rings. The Bertz CT molecular complexity index is 4010. The summed E-state index contributed by atoms with van der Waals surface area (Å²) in [6.07, 6.45) is 8.00. The zero-order valence-corrected chi connectivity index (χ0v) is 36.6. The van der Waals surface area contributed by atoms with E-state index in [4.69, 9.17) is 0 Å². The van der Waals surface area contributed by atoms with E-state index in [1.165, 1.54) is 0 Å². The van der Waals surface area contributed by atoms with Crippen LogP contribution in [0.25, 0.3) is 56.7 Å². The molecular formula is C56H38N4O2Pt+2. The number of nitrogens with zero attached hydrogens (tertiary/aromatic N) is 4. The van der Waals surface area contributed by atoms with E-state index in [1.54, 1.807) is 0 Å². The molecular weight excluding hydrogens is 956 g/mol. The van der Waals surface area contributed by atoms with Gasteiger partial charge in [-0.3, -0.25) is 0 Å². The predicted molar refractivity (Wildman–Crippen MR) is 241 cm³/mol. The molecule has 2 aliphatic rings. The standard InChI is InChI=1S/C56H36N4O2.Pt/c1-57-49-29-11-13-31-51(49)59(55(57)61)53-33-47-41(37-19-5-3-17-35(37)39-21-7-9-23-45(39)53)25-15-27-43(47)44-28-16-26-42-38-20-6-4-18-36(38)40-22-8-10-24-46(40)54(34-48(42)44)60-52-32-14-12-30-50(52)58(2)56(60)62;/h3-32H,1-2H3;/q-2;+2/p+2/b39-35-,40-36-,41-37-,42-38-,53-45+,54-46+;. The van der Waals surface area contributed by atoms with Crippen LogP contribution < -0.4 is 30.0 Å². The fourth-order valence-electron chi connectivity index (χ4n) is 9.80. The van der Waals surface area contributed by atoms with Crippen LogP contribution in [0.2, 0.25) is 0 Å². The predicted octanol–water partition coefficient (Wildman–Crippen LogP) is 6.12. The van der Waals surface area contributed by atoms with E-state index in [2.05, 4.69) is 146 Å². The van der Waals surface area contributed by atoms with E-state index >= 15 is 0 Å². The number of aromatic hydroxyl groups is 2. The molecule has 302 valence electrons. The van der Waals surface area contributed by atoms with Gasteiger partial charge in [-0.1, -0.05) is 179 Å². The molecule has 0 saturated carbocycles. The van der Waals surface area contributed by atoms with Crippen LogP contribution >= 0.6 is 0 Å². The van der Waals surface area contributed by atoms with Gasteiger partial charge < -0.3 is 10.2 Å². The first-order chi connectivity index (χ1) is 30.5. The van der Waals surface area contributed by atoms with Crippen LogP contribution in [-0.2, 0) is 35.2 Å². The normalized spacial score (nSPS) is 17.6.